The highest BCUT2D eigenvalue weighted by Crippen LogP contribution is 2.18. The van der Waals surface area contributed by atoms with Crippen LogP contribution < -0.4 is 10.2 Å². The summed E-state index contributed by atoms with van der Waals surface area (Å²) in [6, 6.07) is 9.87. The molecular formula is C16H18N2O2S. The molecule has 1 aromatic heterocycles. The molecule has 0 fully saturated rings. The molecule has 2 rings (SSSR count). The number of amides is 1. The van der Waals surface area contributed by atoms with Gasteiger partial charge in [-0.05, 0) is 50.1 Å². The van der Waals surface area contributed by atoms with Crippen LogP contribution in [0.4, 0.5) is 0 Å². The highest BCUT2D eigenvalue weighted by atomic mass is 32.1. The zero-order valence-corrected chi connectivity index (χ0v) is 13.2. The second-order valence-electron chi connectivity index (χ2n) is 4.80. The van der Waals surface area contributed by atoms with Crippen LogP contribution in [0.15, 0.2) is 35.4 Å². The van der Waals surface area contributed by atoms with Gasteiger partial charge in [0.15, 0.2) is 6.61 Å². The number of hydrazone groups is 1. The highest BCUT2D eigenvalue weighted by molar-refractivity contribution is 7.13. The predicted octanol–water partition coefficient (Wildman–Crippen LogP) is 3.20. The maximum absolute atomic E-state index is 11.7. The summed E-state index contributed by atoms with van der Waals surface area (Å²) in [6.45, 7) is 5.91. The molecule has 0 aliphatic carbocycles. The summed E-state index contributed by atoms with van der Waals surface area (Å²) >= 11 is 1.62. The number of rotatable bonds is 5. The quantitative estimate of drug-likeness (QED) is 0.681. The smallest absolute Gasteiger partial charge is 0.277 e. The first-order valence-electron chi connectivity index (χ1n) is 6.63. The van der Waals surface area contributed by atoms with Gasteiger partial charge in [0.2, 0.25) is 0 Å². The van der Waals surface area contributed by atoms with Crippen LogP contribution in [0.2, 0.25) is 0 Å². The lowest BCUT2D eigenvalue weighted by molar-refractivity contribution is -0.123. The van der Waals surface area contributed by atoms with E-state index in [1.165, 1.54) is 4.88 Å². The predicted molar refractivity (Wildman–Crippen MR) is 86.2 cm³/mol. The minimum Gasteiger partial charge on any atom is -0.483 e. The van der Waals surface area contributed by atoms with E-state index in [-0.39, 0.29) is 12.5 Å². The molecular weight excluding hydrogens is 284 g/mol. The summed E-state index contributed by atoms with van der Waals surface area (Å²) in [7, 11) is 0. The molecule has 5 heteroatoms. The van der Waals surface area contributed by atoms with E-state index in [0.717, 1.165) is 21.8 Å². The van der Waals surface area contributed by atoms with E-state index in [9.17, 15) is 4.79 Å². The average molecular weight is 302 g/mol. The first-order valence-corrected chi connectivity index (χ1v) is 7.44. The van der Waals surface area contributed by atoms with Gasteiger partial charge in [0, 0.05) is 9.75 Å². The molecule has 110 valence electrons. The number of nitrogens with zero attached hydrogens (tertiary/aromatic N) is 1. The van der Waals surface area contributed by atoms with Gasteiger partial charge >= 0.3 is 0 Å². The Kier molecular flexibility index (Phi) is 5.11. The van der Waals surface area contributed by atoms with E-state index in [0.29, 0.717) is 0 Å². The Hall–Kier alpha value is -2.14. The molecule has 0 aliphatic rings. The molecule has 0 atom stereocenters. The summed E-state index contributed by atoms with van der Waals surface area (Å²) in [5.41, 5.74) is 4.56. The largest absolute Gasteiger partial charge is 0.483 e. The number of aryl methyl sites for hydroxylation is 3. The first kappa shape index (κ1) is 15.3. The molecule has 0 aliphatic heterocycles. The number of hydrogen-bond donors (Lipinski definition) is 1. The van der Waals surface area contributed by atoms with E-state index in [4.69, 9.17) is 4.74 Å². The monoisotopic (exact) mass is 302 g/mol. The second kappa shape index (κ2) is 7.04. The Balaban J connectivity index is 1.82. The lowest BCUT2D eigenvalue weighted by Gasteiger charge is -2.08. The third-order valence-electron chi connectivity index (χ3n) is 2.84. The first-order chi connectivity index (χ1) is 10.0. The zero-order valence-electron chi connectivity index (χ0n) is 12.3. The molecule has 1 heterocycles. The fourth-order valence-corrected chi connectivity index (χ4v) is 2.48. The molecule has 0 saturated carbocycles. The molecule has 0 saturated heterocycles. The fourth-order valence-electron chi connectivity index (χ4n) is 1.73. The Labute approximate surface area is 128 Å². The second-order valence-corrected chi connectivity index (χ2v) is 6.12. The summed E-state index contributed by atoms with van der Waals surface area (Å²) < 4.78 is 5.50. The molecule has 0 spiro atoms. The van der Waals surface area contributed by atoms with Crippen LogP contribution in [0, 0.1) is 20.8 Å². The van der Waals surface area contributed by atoms with Crippen molar-refractivity contribution in [1.29, 1.82) is 0 Å². The van der Waals surface area contributed by atoms with Crippen LogP contribution in [0.25, 0.3) is 0 Å². The van der Waals surface area contributed by atoms with Crippen LogP contribution in [-0.2, 0) is 4.79 Å². The van der Waals surface area contributed by atoms with Crippen molar-refractivity contribution >= 4 is 23.5 Å². The Bertz CT molecular complexity index is 662. The standard InChI is InChI=1S/C16H18N2O2S/c1-11-4-5-12(2)15(8-11)20-10-16(19)18-17-9-14-7-6-13(3)21-14/h4-9H,10H2,1-3H3,(H,18,19)/b17-9-. The number of thiophene rings is 1. The summed E-state index contributed by atoms with van der Waals surface area (Å²) in [6.07, 6.45) is 1.63. The van der Waals surface area contributed by atoms with Gasteiger partial charge in [0.05, 0.1) is 6.21 Å². The van der Waals surface area contributed by atoms with Crippen LogP contribution in [0.5, 0.6) is 5.75 Å². The normalized spacial score (nSPS) is 10.8. The van der Waals surface area contributed by atoms with Gasteiger partial charge < -0.3 is 4.74 Å². The van der Waals surface area contributed by atoms with Gasteiger partial charge in [-0.2, -0.15) is 5.10 Å². The van der Waals surface area contributed by atoms with Gasteiger partial charge in [0.25, 0.3) is 5.91 Å². The number of benzene rings is 1. The molecule has 0 radical (unpaired) electrons. The number of carbonyl (C=O) groups is 1. The number of ether oxygens (including phenoxy) is 1. The van der Waals surface area contributed by atoms with Crippen molar-refractivity contribution in [2.75, 3.05) is 6.61 Å². The van der Waals surface area contributed by atoms with Gasteiger partial charge in [-0.1, -0.05) is 12.1 Å². The molecule has 0 unspecified atom stereocenters. The van der Waals surface area contributed by atoms with Crippen LogP contribution >= 0.6 is 11.3 Å². The van der Waals surface area contributed by atoms with Gasteiger partial charge in [-0.25, -0.2) is 5.43 Å². The summed E-state index contributed by atoms with van der Waals surface area (Å²) in [5, 5.41) is 3.91. The molecule has 4 nitrogen and oxygen atoms in total. The Morgan fingerprint density at radius 3 is 2.81 bits per heavy atom. The van der Waals surface area contributed by atoms with E-state index >= 15 is 0 Å². The van der Waals surface area contributed by atoms with E-state index in [1.54, 1.807) is 17.6 Å². The van der Waals surface area contributed by atoms with Crippen LogP contribution in [0.3, 0.4) is 0 Å². The zero-order chi connectivity index (χ0) is 15.2. The van der Waals surface area contributed by atoms with Gasteiger partial charge in [0.1, 0.15) is 5.75 Å². The van der Waals surface area contributed by atoms with Crippen molar-refractivity contribution in [2.45, 2.75) is 20.8 Å². The number of hydrogen-bond acceptors (Lipinski definition) is 4. The number of nitrogens with one attached hydrogen (secondary N) is 1. The summed E-state index contributed by atoms with van der Waals surface area (Å²) in [4.78, 5) is 13.9. The lowest BCUT2D eigenvalue weighted by Crippen LogP contribution is -2.24. The van der Waals surface area contributed by atoms with Crippen LogP contribution in [-0.4, -0.2) is 18.7 Å². The highest BCUT2D eigenvalue weighted by Gasteiger charge is 2.04. The topological polar surface area (TPSA) is 50.7 Å². The molecule has 21 heavy (non-hydrogen) atoms. The van der Waals surface area contributed by atoms with Crippen molar-refractivity contribution < 1.29 is 9.53 Å². The minimum absolute atomic E-state index is 0.0505. The Morgan fingerprint density at radius 1 is 1.29 bits per heavy atom. The van der Waals surface area contributed by atoms with E-state index < -0.39 is 0 Å². The number of carbonyl (C=O) groups excluding carboxylic acids is 1. The van der Waals surface area contributed by atoms with Crippen molar-refractivity contribution in [1.82, 2.24) is 5.43 Å². The van der Waals surface area contributed by atoms with Gasteiger partial charge in [-0.3, -0.25) is 4.79 Å². The lowest BCUT2D eigenvalue weighted by atomic mass is 10.1. The van der Waals surface area contributed by atoms with Crippen molar-refractivity contribution in [3.8, 4) is 5.75 Å². The minimum atomic E-state index is -0.277. The molecule has 0 bridgehead atoms. The van der Waals surface area contributed by atoms with Crippen molar-refractivity contribution in [3.05, 3.63) is 51.2 Å². The van der Waals surface area contributed by atoms with Crippen LogP contribution in [0.1, 0.15) is 20.9 Å². The third-order valence-corrected chi connectivity index (χ3v) is 3.78. The van der Waals surface area contributed by atoms with Crippen molar-refractivity contribution in [3.63, 3.8) is 0 Å². The fraction of sp³-hybridized carbons (Fsp3) is 0.250. The van der Waals surface area contributed by atoms with E-state index in [2.05, 4.69) is 10.5 Å². The molecule has 1 amide bonds. The SMILES string of the molecule is Cc1ccc(C)c(OCC(=O)N/N=C\c2ccc(C)s2)c1. The molecule has 1 N–H and O–H groups in total. The Morgan fingerprint density at radius 2 is 2.10 bits per heavy atom. The maximum Gasteiger partial charge on any atom is 0.277 e. The molecule has 1 aromatic carbocycles. The maximum atomic E-state index is 11.7. The molecule has 2 aromatic rings. The van der Waals surface area contributed by atoms with E-state index in [1.807, 2.05) is 51.1 Å². The third kappa shape index (κ3) is 4.72. The van der Waals surface area contributed by atoms with Crippen molar-refractivity contribution in [2.24, 2.45) is 5.10 Å². The summed E-state index contributed by atoms with van der Waals surface area (Å²) in [5.74, 6) is 0.448. The van der Waals surface area contributed by atoms with Gasteiger partial charge in [-0.15, -0.1) is 11.3 Å². The average Bonchev–Trinajstić information content (AvgIpc) is 2.85.